The van der Waals surface area contributed by atoms with E-state index in [9.17, 15) is 4.79 Å². The van der Waals surface area contributed by atoms with Gasteiger partial charge in [-0.1, -0.05) is 0 Å². The Morgan fingerprint density at radius 3 is 2.94 bits per heavy atom. The molecule has 0 spiro atoms. The molecule has 88 valence electrons. The summed E-state index contributed by atoms with van der Waals surface area (Å²) in [5, 5.41) is 7.98. The van der Waals surface area contributed by atoms with Crippen LogP contribution in [-0.4, -0.2) is 30.3 Å². The lowest BCUT2D eigenvalue weighted by molar-refractivity contribution is -0.753. The smallest absolute Gasteiger partial charge is 0.285 e. The van der Waals surface area contributed by atoms with Crippen LogP contribution >= 0.6 is 0 Å². The Labute approximate surface area is 97.6 Å². The maximum Gasteiger partial charge on any atom is 0.306 e. The number of anilines is 1. The first kappa shape index (κ1) is 11.1. The summed E-state index contributed by atoms with van der Waals surface area (Å²) >= 11 is 0. The highest BCUT2D eigenvalue weighted by molar-refractivity contribution is 6.03. The number of pyridine rings is 1. The standard InChI is InChI=1S/C10H11N5O2/c1-14(2)15-7-9(17-13-15)12-10(16)8-4-3-5-11-6-8/h3-7H,1-2H3/p+1. The van der Waals surface area contributed by atoms with Crippen LogP contribution in [-0.2, 0) is 0 Å². The van der Waals surface area contributed by atoms with Crippen molar-refractivity contribution in [1.29, 1.82) is 0 Å². The van der Waals surface area contributed by atoms with Crippen LogP contribution in [0.2, 0.25) is 0 Å². The third kappa shape index (κ3) is 2.57. The molecule has 0 aliphatic heterocycles. The summed E-state index contributed by atoms with van der Waals surface area (Å²) in [7, 11) is 3.60. The SMILES string of the molecule is CN(C)[n+]1cc(NC(=O)c2cccnc2)on1. The fourth-order valence-corrected chi connectivity index (χ4v) is 1.16. The topological polar surface area (TPSA) is 75.1 Å². The number of nitrogens with one attached hydrogen (secondary N) is 1. The van der Waals surface area contributed by atoms with E-state index >= 15 is 0 Å². The second kappa shape index (κ2) is 4.60. The van der Waals surface area contributed by atoms with Crippen molar-refractivity contribution in [3.8, 4) is 0 Å². The molecule has 0 saturated heterocycles. The molecule has 0 fully saturated rings. The van der Waals surface area contributed by atoms with Crippen molar-refractivity contribution in [2.75, 3.05) is 24.4 Å². The third-order valence-corrected chi connectivity index (χ3v) is 2.03. The molecule has 2 aromatic rings. The molecule has 17 heavy (non-hydrogen) atoms. The lowest BCUT2D eigenvalue weighted by atomic mass is 10.3. The van der Waals surface area contributed by atoms with Gasteiger partial charge in [0.15, 0.2) is 0 Å². The zero-order valence-electron chi connectivity index (χ0n) is 9.49. The van der Waals surface area contributed by atoms with E-state index in [1.807, 2.05) is 0 Å². The van der Waals surface area contributed by atoms with E-state index < -0.39 is 0 Å². The number of hydrogen-bond donors (Lipinski definition) is 1. The van der Waals surface area contributed by atoms with Gasteiger partial charge in [-0.3, -0.25) is 19.6 Å². The van der Waals surface area contributed by atoms with Gasteiger partial charge in [-0.05, 0) is 12.1 Å². The molecule has 0 aromatic carbocycles. The second-order valence-electron chi connectivity index (χ2n) is 3.53. The van der Waals surface area contributed by atoms with E-state index in [-0.39, 0.29) is 11.8 Å². The number of rotatable bonds is 3. The van der Waals surface area contributed by atoms with Gasteiger partial charge in [-0.25, -0.2) is 0 Å². The van der Waals surface area contributed by atoms with Crippen LogP contribution in [0.25, 0.3) is 0 Å². The Hall–Kier alpha value is -2.44. The Morgan fingerprint density at radius 1 is 1.53 bits per heavy atom. The van der Waals surface area contributed by atoms with E-state index in [2.05, 4.69) is 15.6 Å². The minimum absolute atomic E-state index is 0.271. The summed E-state index contributed by atoms with van der Waals surface area (Å²) in [4.78, 5) is 17.0. The molecule has 2 rings (SSSR count). The average molecular weight is 234 g/mol. The molecular formula is C10H12N5O2+. The largest absolute Gasteiger partial charge is 0.306 e. The molecule has 1 amide bonds. The van der Waals surface area contributed by atoms with Gasteiger partial charge in [0.05, 0.1) is 24.4 Å². The Morgan fingerprint density at radius 2 is 2.35 bits per heavy atom. The van der Waals surface area contributed by atoms with Crippen LogP contribution < -0.4 is 15.1 Å². The van der Waals surface area contributed by atoms with Crippen LogP contribution in [0, 0.1) is 0 Å². The Bertz CT molecular complexity index is 508. The first-order valence-electron chi connectivity index (χ1n) is 4.94. The van der Waals surface area contributed by atoms with Crippen LogP contribution in [0.15, 0.2) is 35.2 Å². The normalized spacial score (nSPS) is 10.0. The molecule has 1 N–H and O–H groups in total. The van der Waals surface area contributed by atoms with E-state index in [4.69, 9.17) is 4.52 Å². The van der Waals surface area contributed by atoms with Crippen molar-refractivity contribution in [2.45, 2.75) is 0 Å². The number of carbonyl (C=O) groups is 1. The summed E-state index contributed by atoms with van der Waals surface area (Å²) in [6, 6.07) is 3.36. The first-order valence-corrected chi connectivity index (χ1v) is 4.94. The fraction of sp³-hybridized carbons (Fsp3) is 0.200. The van der Waals surface area contributed by atoms with Gasteiger partial charge in [-0.15, -0.1) is 0 Å². The van der Waals surface area contributed by atoms with Gasteiger partial charge >= 0.3 is 5.88 Å². The highest BCUT2D eigenvalue weighted by Crippen LogP contribution is 2.04. The molecule has 0 unspecified atom stereocenters. The first-order chi connectivity index (χ1) is 8.16. The van der Waals surface area contributed by atoms with Crippen molar-refractivity contribution in [3.05, 3.63) is 36.3 Å². The number of amides is 1. The van der Waals surface area contributed by atoms with Gasteiger partial charge in [0.2, 0.25) is 5.27 Å². The quantitative estimate of drug-likeness (QED) is 0.745. The molecule has 7 heteroatoms. The van der Waals surface area contributed by atoms with Crippen molar-refractivity contribution in [1.82, 2.24) is 10.3 Å². The van der Waals surface area contributed by atoms with E-state index in [0.717, 1.165) is 0 Å². The monoisotopic (exact) mass is 234 g/mol. The van der Waals surface area contributed by atoms with Gasteiger partial charge in [0, 0.05) is 12.4 Å². The highest BCUT2D eigenvalue weighted by Gasteiger charge is 2.16. The zero-order chi connectivity index (χ0) is 12.3. The fourth-order valence-electron chi connectivity index (χ4n) is 1.16. The number of carbonyl (C=O) groups excluding carboxylic acids is 1. The van der Waals surface area contributed by atoms with Crippen molar-refractivity contribution in [2.24, 2.45) is 0 Å². The van der Waals surface area contributed by atoms with Crippen molar-refractivity contribution >= 4 is 11.8 Å². The highest BCUT2D eigenvalue weighted by atomic mass is 16.5. The van der Waals surface area contributed by atoms with Gasteiger partial charge < -0.3 is 0 Å². The molecule has 0 aliphatic carbocycles. The molecule has 2 heterocycles. The predicted molar refractivity (Wildman–Crippen MR) is 59.0 cm³/mol. The van der Waals surface area contributed by atoms with Crippen LogP contribution in [0.5, 0.6) is 0 Å². The predicted octanol–water partition coefficient (Wildman–Crippen LogP) is -0.193. The van der Waals surface area contributed by atoms with E-state index in [0.29, 0.717) is 5.56 Å². The lowest BCUT2D eigenvalue weighted by Gasteiger charge is -1.97. The van der Waals surface area contributed by atoms with Crippen LogP contribution in [0.3, 0.4) is 0 Å². The van der Waals surface area contributed by atoms with Gasteiger partial charge in [0.25, 0.3) is 12.1 Å². The van der Waals surface area contributed by atoms with Crippen molar-refractivity contribution < 1.29 is 14.1 Å². The van der Waals surface area contributed by atoms with Crippen LogP contribution in [0.4, 0.5) is 5.88 Å². The summed E-state index contributed by atoms with van der Waals surface area (Å²) in [5.41, 5.74) is 0.459. The van der Waals surface area contributed by atoms with Crippen LogP contribution in [0.1, 0.15) is 10.4 Å². The Balaban J connectivity index is 2.08. The second-order valence-corrected chi connectivity index (χ2v) is 3.53. The average Bonchev–Trinajstić information content (AvgIpc) is 2.79. The van der Waals surface area contributed by atoms with E-state index in [1.54, 1.807) is 43.6 Å². The maximum atomic E-state index is 11.7. The summed E-state index contributed by atoms with van der Waals surface area (Å²) < 4.78 is 4.94. The summed E-state index contributed by atoms with van der Waals surface area (Å²) in [6.45, 7) is 0. The summed E-state index contributed by atoms with van der Waals surface area (Å²) in [5.74, 6) is -0.0206. The lowest BCUT2D eigenvalue weighted by Crippen LogP contribution is -2.53. The molecule has 7 nitrogen and oxygen atoms in total. The minimum atomic E-state index is -0.292. The zero-order valence-corrected chi connectivity index (χ0v) is 9.49. The number of nitrogens with zero attached hydrogens (tertiary/aromatic N) is 4. The molecule has 0 aliphatic rings. The molecule has 0 saturated carbocycles. The minimum Gasteiger partial charge on any atom is -0.285 e. The van der Waals surface area contributed by atoms with Gasteiger partial charge in [-0.2, -0.15) is 5.01 Å². The molecule has 0 atom stereocenters. The summed E-state index contributed by atoms with van der Waals surface area (Å²) in [6.07, 6.45) is 4.64. The molecule has 0 radical (unpaired) electrons. The molecular weight excluding hydrogens is 222 g/mol. The number of aromatic nitrogens is 3. The molecule has 2 aromatic heterocycles. The van der Waals surface area contributed by atoms with Gasteiger partial charge in [0.1, 0.15) is 0 Å². The third-order valence-electron chi connectivity index (χ3n) is 2.03. The van der Waals surface area contributed by atoms with Crippen molar-refractivity contribution in [3.63, 3.8) is 0 Å². The molecule has 0 bridgehead atoms. The maximum absolute atomic E-state index is 11.7. The number of hydrogen-bond acceptors (Lipinski definition) is 5. The van der Waals surface area contributed by atoms with E-state index in [1.165, 1.54) is 11.0 Å². The Kier molecular flexibility index (Phi) is 2.99.